The lowest BCUT2D eigenvalue weighted by molar-refractivity contribution is 0.888. The Balaban J connectivity index is 1.19. The smallest absolute Gasteiger partial charge is 0.0991 e. The zero-order valence-corrected chi connectivity index (χ0v) is 25.2. The highest BCUT2D eigenvalue weighted by Crippen LogP contribution is 2.39. The summed E-state index contributed by atoms with van der Waals surface area (Å²) < 4.78 is 4.83. The van der Waals surface area contributed by atoms with Gasteiger partial charge in [0.05, 0.1) is 28.2 Å². The van der Waals surface area contributed by atoms with Crippen molar-refractivity contribution in [1.82, 2.24) is 9.13 Å². The molecule has 0 radical (unpaired) electrons. The van der Waals surface area contributed by atoms with E-state index in [1.807, 2.05) is 24.3 Å². The molecule has 0 saturated carbocycles. The van der Waals surface area contributed by atoms with Crippen LogP contribution < -0.4 is 0 Å². The number of aromatic nitrogens is 2. The number of benzene rings is 6. The van der Waals surface area contributed by atoms with E-state index in [2.05, 4.69) is 143 Å². The van der Waals surface area contributed by atoms with Gasteiger partial charge in [-0.2, -0.15) is 5.26 Å². The molecule has 8 aromatic rings. The Hall–Kier alpha value is -6.11. The highest BCUT2D eigenvalue weighted by molar-refractivity contribution is 6.10. The van der Waals surface area contributed by atoms with Gasteiger partial charge in [0.15, 0.2) is 0 Å². The number of para-hydroxylation sites is 2. The lowest BCUT2D eigenvalue weighted by Crippen LogP contribution is -2.02. The van der Waals surface area contributed by atoms with Crippen LogP contribution in [-0.4, -0.2) is 9.13 Å². The van der Waals surface area contributed by atoms with Gasteiger partial charge in [0.2, 0.25) is 0 Å². The molecule has 216 valence electrons. The van der Waals surface area contributed by atoms with Crippen molar-refractivity contribution >= 4 is 38.8 Å². The summed E-state index contributed by atoms with van der Waals surface area (Å²) in [7, 11) is 0. The Morgan fingerprint density at radius 2 is 1.13 bits per heavy atom. The minimum absolute atomic E-state index is 0.672. The number of hydrogen-bond donors (Lipinski definition) is 0. The molecule has 6 aromatic carbocycles. The van der Waals surface area contributed by atoms with Crippen LogP contribution in [0.1, 0.15) is 23.2 Å². The molecule has 3 heteroatoms. The summed E-state index contributed by atoms with van der Waals surface area (Å²) in [5, 5.41) is 13.0. The molecule has 2 aromatic heterocycles. The predicted octanol–water partition coefficient (Wildman–Crippen LogP) is 10.9. The van der Waals surface area contributed by atoms with Crippen molar-refractivity contribution < 1.29 is 0 Å². The number of nitriles is 1. The van der Waals surface area contributed by atoms with Gasteiger partial charge in [-0.25, -0.2) is 0 Å². The zero-order chi connectivity index (χ0) is 30.6. The van der Waals surface area contributed by atoms with Crippen molar-refractivity contribution in [2.24, 2.45) is 0 Å². The van der Waals surface area contributed by atoms with E-state index in [9.17, 15) is 5.26 Å². The fourth-order valence-electron chi connectivity index (χ4n) is 7.24. The van der Waals surface area contributed by atoms with Gasteiger partial charge in [0.1, 0.15) is 0 Å². The highest BCUT2D eigenvalue weighted by Gasteiger charge is 2.20. The van der Waals surface area contributed by atoms with Crippen LogP contribution in [0.25, 0.3) is 72.4 Å². The topological polar surface area (TPSA) is 33.6 Å². The first-order valence-corrected chi connectivity index (χ1v) is 15.8. The standard InChI is InChI=1S/C43H29N3/c44-28-29-14-16-30(17-15-29)31-18-22-35(23-19-31)46-40-12-6-4-10-36(40)38-24-20-33(27-43(38)46)32-21-25-42-39(26-32)37-11-5-7-13-41(37)45(42)34-8-2-1-3-9-34/h1-6,8-12,14-27H,7,13H2. The molecule has 0 saturated heterocycles. The van der Waals surface area contributed by atoms with E-state index in [4.69, 9.17) is 0 Å². The van der Waals surface area contributed by atoms with Gasteiger partial charge in [-0.15, -0.1) is 0 Å². The van der Waals surface area contributed by atoms with Crippen LogP contribution >= 0.6 is 0 Å². The minimum atomic E-state index is 0.672. The lowest BCUT2D eigenvalue weighted by Gasteiger charge is -2.13. The van der Waals surface area contributed by atoms with Gasteiger partial charge in [0, 0.05) is 38.8 Å². The van der Waals surface area contributed by atoms with Gasteiger partial charge in [-0.1, -0.05) is 91.0 Å². The van der Waals surface area contributed by atoms with Crippen molar-refractivity contribution in [3.05, 3.63) is 162 Å². The second-order valence-electron chi connectivity index (χ2n) is 12.0. The van der Waals surface area contributed by atoms with Crippen molar-refractivity contribution in [1.29, 1.82) is 5.26 Å². The summed E-state index contributed by atoms with van der Waals surface area (Å²) in [4.78, 5) is 0. The molecule has 0 fully saturated rings. The Morgan fingerprint density at radius 3 is 1.93 bits per heavy atom. The van der Waals surface area contributed by atoms with Crippen LogP contribution in [0.15, 0.2) is 146 Å². The molecule has 0 amide bonds. The van der Waals surface area contributed by atoms with E-state index in [0.29, 0.717) is 5.56 Å². The van der Waals surface area contributed by atoms with Crippen molar-refractivity contribution in [3.8, 4) is 39.7 Å². The van der Waals surface area contributed by atoms with Crippen molar-refractivity contribution in [2.45, 2.75) is 12.8 Å². The third-order valence-electron chi connectivity index (χ3n) is 9.44. The SMILES string of the molecule is N#Cc1ccc(-c2ccc(-n3c4ccccc4c4ccc(-c5ccc6c(c5)c5c(n6-c6ccccc6)CCC=C5)cc43)cc2)cc1. The van der Waals surface area contributed by atoms with Crippen LogP contribution in [0.3, 0.4) is 0 Å². The third kappa shape index (κ3) is 4.12. The first-order chi connectivity index (χ1) is 22.8. The Morgan fingerprint density at radius 1 is 0.500 bits per heavy atom. The largest absolute Gasteiger partial charge is 0.313 e. The molecule has 2 heterocycles. The molecular weight excluding hydrogens is 558 g/mol. The van der Waals surface area contributed by atoms with Gasteiger partial charge in [-0.05, 0) is 95.8 Å². The number of allylic oxidation sites excluding steroid dienone is 1. The fraction of sp³-hybridized carbons (Fsp3) is 0.0465. The molecule has 3 nitrogen and oxygen atoms in total. The van der Waals surface area contributed by atoms with E-state index < -0.39 is 0 Å². The van der Waals surface area contributed by atoms with E-state index in [-0.39, 0.29) is 0 Å². The van der Waals surface area contributed by atoms with Gasteiger partial charge in [-0.3, -0.25) is 0 Å². The van der Waals surface area contributed by atoms with Gasteiger partial charge < -0.3 is 9.13 Å². The molecule has 0 N–H and O–H groups in total. The average molecular weight is 588 g/mol. The first-order valence-electron chi connectivity index (χ1n) is 15.8. The summed E-state index contributed by atoms with van der Waals surface area (Å²) in [5.41, 5.74) is 14.0. The monoisotopic (exact) mass is 587 g/mol. The number of hydrogen-bond acceptors (Lipinski definition) is 1. The first kappa shape index (κ1) is 26.3. The summed E-state index contributed by atoms with van der Waals surface area (Å²) in [5.74, 6) is 0. The lowest BCUT2D eigenvalue weighted by atomic mass is 9.98. The second-order valence-corrected chi connectivity index (χ2v) is 12.0. The molecule has 9 rings (SSSR count). The van der Waals surface area contributed by atoms with Crippen molar-refractivity contribution in [2.75, 3.05) is 0 Å². The van der Waals surface area contributed by atoms with Crippen molar-refractivity contribution in [3.63, 3.8) is 0 Å². The number of fused-ring (bicyclic) bond motifs is 6. The summed E-state index contributed by atoms with van der Waals surface area (Å²) in [6.45, 7) is 0. The second kappa shape index (κ2) is 10.5. The molecule has 0 bridgehead atoms. The fourth-order valence-corrected chi connectivity index (χ4v) is 7.24. The Bertz CT molecular complexity index is 2500. The molecule has 0 unspecified atom stereocenters. The van der Waals surface area contributed by atoms with E-state index >= 15 is 0 Å². The minimum Gasteiger partial charge on any atom is -0.313 e. The zero-order valence-electron chi connectivity index (χ0n) is 25.2. The maximum Gasteiger partial charge on any atom is 0.0991 e. The Labute approximate surface area is 267 Å². The van der Waals surface area contributed by atoms with Crippen LogP contribution in [-0.2, 0) is 6.42 Å². The molecule has 0 aliphatic heterocycles. The summed E-state index contributed by atoms with van der Waals surface area (Å²) in [6, 6.07) is 52.0. The third-order valence-corrected chi connectivity index (χ3v) is 9.44. The quantitative estimate of drug-likeness (QED) is 0.202. The van der Waals surface area contributed by atoms with Gasteiger partial charge in [0.25, 0.3) is 0 Å². The Kier molecular flexibility index (Phi) is 6.01. The molecule has 0 spiro atoms. The van der Waals surface area contributed by atoms with Crippen LogP contribution in [0.5, 0.6) is 0 Å². The van der Waals surface area contributed by atoms with Crippen LogP contribution in [0, 0.1) is 11.3 Å². The summed E-state index contributed by atoms with van der Waals surface area (Å²) >= 11 is 0. The molecule has 46 heavy (non-hydrogen) atoms. The summed E-state index contributed by atoms with van der Waals surface area (Å²) in [6.07, 6.45) is 6.73. The van der Waals surface area contributed by atoms with E-state index in [0.717, 1.165) is 29.7 Å². The van der Waals surface area contributed by atoms with E-state index in [1.54, 1.807) is 0 Å². The number of rotatable bonds is 4. The molecule has 1 aliphatic carbocycles. The average Bonchev–Trinajstić information content (AvgIpc) is 3.64. The molecule has 0 atom stereocenters. The number of nitrogens with zero attached hydrogens (tertiary/aromatic N) is 3. The van der Waals surface area contributed by atoms with Crippen LogP contribution in [0.2, 0.25) is 0 Å². The highest BCUT2D eigenvalue weighted by atomic mass is 15.0. The predicted molar refractivity (Wildman–Crippen MR) is 191 cm³/mol. The van der Waals surface area contributed by atoms with Crippen LogP contribution in [0.4, 0.5) is 0 Å². The maximum absolute atomic E-state index is 9.19. The van der Waals surface area contributed by atoms with Gasteiger partial charge >= 0.3 is 0 Å². The van der Waals surface area contributed by atoms with E-state index in [1.165, 1.54) is 60.8 Å². The normalized spacial score (nSPS) is 12.5. The molecular formula is C43H29N3. The maximum atomic E-state index is 9.19. The molecule has 1 aliphatic rings.